The molecule has 2 atom stereocenters. The van der Waals surface area contributed by atoms with Crippen LogP contribution in [0.5, 0.6) is 0 Å². The van der Waals surface area contributed by atoms with Crippen molar-refractivity contribution >= 4 is 81.1 Å². The fraction of sp³-hybridized carbons (Fsp3) is 0.200. The van der Waals surface area contributed by atoms with Gasteiger partial charge in [-0.05, 0) is 53.9 Å². The first-order valence-electron chi connectivity index (χ1n) is 10.5. The van der Waals surface area contributed by atoms with E-state index < -0.39 is 45.9 Å². The molecule has 1 fully saturated rings. The summed E-state index contributed by atoms with van der Waals surface area (Å²) < 4.78 is 26.2. The van der Waals surface area contributed by atoms with E-state index in [0.717, 1.165) is 6.07 Å². The molecule has 0 aliphatic heterocycles. The first-order chi connectivity index (χ1) is 16.8. The number of hydrogen-bond donors (Lipinski definition) is 2. The maximum atomic E-state index is 14.2. The van der Waals surface area contributed by atoms with Gasteiger partial charge in [-0.1, -0.05) is 40.9 Å². The van der Waals surface area contributed by atoms with Gasteiger partial charge in [0.1, 0.15) is 16.0 Å². The van der Waals surface area contributed by atoms with Gasteiger partial charge in [0, 0.05) is 29.7 Å². The van der Waals surface area contributed by atoms with Gasteiger partial charge in [-0.25, -0.2) is 8.78 Å². The predicted octanol–water partition coefficient (Wildman–Crippen LogP) is 7.77. The molecule has 3 aromatic rings. The van der Waals surface area contributed by atoms with Gasteiger partial charge >= 0.3 is 0 Å². The molecule has 1 amide bonds. The topological polar surface area (TPSA) is 72.2 Å². The Morgan fingerprint density at radius 1 is 1.00 bits per heavy atom. The van der Waals surface area contributed by atoms with Crippen molar-refractivity contribution < 1.29 is 18.4 Å². The average molecular weight is 593 g/mol. The highest BCUT2D eigenvalue weighted by molar-refractivity contribution is 6.53. The van der Waals surface area contributed by atoms with Gasteiger partial charge in [0.15, 0.2) is 5.78 Å². The molecule has 1 aliphatic carbocycles. The molecule has 0 bridgehead atoms. The molecule has 11 heteroatoms. The lowest BCUT2D eigenvalue weighted by Gasteiger charge is -2.12. The Morgan fingerprint density at radius 2 is 1.69 bits per heavy atom. The molecule has 3 N–H and O–H groups in total. The van der Waals surface area contributed by atoms with Gasteiger partial charge in [0.05, 0.1) is 26.7 Å². The SMILES string of the molecule is Cc1cc(NC(=O)[C@H]2[C@H](c3ccc(Cl)c(Cl)c3)C2(Cl)Cl)cc(C(=O)Cc2cc(N)c(F)cc2F)c1Cl. The molecule has 0 aromatic heterocycles. The summed E-state index contributed by atoms with van der Waals surface area (Å²) in [6, 6.07) is 9.52. The minimum Gasteiger partial charge on any atom is -0.396 e. The molecule has 1 saturated carbocycles. The number of nitrogen functional groups attached to an aromatic ring is 1. The Balaban J connectivity index is 1.56. The Bertz CT molecular complexity index is 1410. The number of nitrogens with one attached hydrogen (secondary N) is 1. The minimum atomic E-state index is -1.37. The van der Waals surface area contributed by atoms with Gasteiger partial charge in [-0.15, -0.1) is 23.2 Å². The summed E-state index contributed by atoms with van der Waals surface area (Å²) in [7, 11) is 0. The predicted molar refractivity (Wildman–Crippen MR) is 141 cm³/mol. The van der Waals surface area contributed by atoms with Crippen molar-refractivity contribution in [3.05, 3.63) is 91.4 Å². The van der Waals surface area contributed by atoms with Gasteiger partial charge in [-0.3, -0.25) is 9.59 Å². The summed E-state index contributed by atoms with van der Waals surface area (Å²) in [5.41, 5.74) is 6.60. The number of halogens is 7. The number of anilines is 2. The van der Waals surface area contributed by atoms with Crippen LogP contribution >= 0.6 is 58.0 Å². The largest absolute Gasteiger partial charge is 0.396 e. The summed E-state index contributed by atoms with van der Waals surface area (Å²) >= 11 is 31.2. The third-order valence-electron chi connectivity index (χ3n) is 5.98. The quantitative estimate of drug-likeness (QED) is 0.175. The van der Waals surface area contributed by atoms with E-state index in [1.807, 2.05) is 0 Å². The van der Waals surface area contributed by atoms with E-state index in [2.05, 4.69) is 5.32 Å². The summed E-state index contributed by atoms with van der Waals surface area (Å²) in [4.78, 5) is 26.0. The number of amides is 1. The van der Waals surface area contributed by atoms with Crippen LogP contribution in [0.3, 0.4) is 0 Å². The smallest absolute Gasteiger partial charge is 0.231 e. The van der Waals surface area contributed by atoms with Crippen LogP contribution in [0.15, 0.2) is 42.5 Å². The van der Waals surface area contributed by atoms with Crippen LogP contribution in [0.2, 0.25) is 15.1 Å². The van der Waals surface area contributed by atoms with Crippen LogP contribution in [-0.4, -0.2) is 16.0 Å². The first-order valence-corrected chi connectivity index (χ1v) is 12.4. The molecule has 188 valence electrons. The highest BCUT2D eigenvalue weighted by Crippen LogP contribution is 2.65. The average Bonchev–Trinajstić information content (AvgIpc) is 3.38. The molecule has 0 radical (unpaired) electrons. The highest BCUT2D eigenvalue weighted by atomic mass is 35.5. The fourth-order valence-electron chi connectivity index (χ4n) is 4.05. The van der Waals surface area contributed by atoms with Crippen molar-refractivity contribution in [2.75, 3.05) is 11.1 Å². The van der Waals surface area contributed by atoms with Crippen molar-refractivity contribution in [1.82, 2.24) is 0 Å². The van der Waals surface area contributed by atoms with Gasteiger partial charge in [-0.2, -0.15) is 0 Å². The molecule has 1 aliphatic rings. The van der Waals surface area contributed by atoms with Crippen LogP contribution in [-0.2, 0) is 11.2 Å². The molecular formula is C25H17Cl5F2N2O2. The molecular weight excluding hydrogens is 576 g/mol. The number of benzene rings is 3. The number of rotatable bonds is 6. The summed E-state index contributed by atoms with van der Waals surface area (Å²) in [6.07, 6.45) is -0.415. The van der Waals surface area contributed by atoms with E-state index >= 15 is 0 Å². The van der Waals surface area contributed by atoms with Gasteiger partial charge in [0.25, 0.3) is 0 Å². The molecule has 4 rings (SSSR count). The zero-order valence-corrected chi connectivity index (χ0v) is 22.2. The van der Waals surface area contributed by atoms with Crippen LogP contribution in [0.25, 0.3) is 0 Å². The highest BCUT2D eigenvalue weighted by Gasteiger charge is 2.67. The second-order valence-electron chi connectivity index (χ2n) is 8.51. The van der Waals surface area contributed by atoms with Crippen molar-refractivity contribution in [3.63, 3.8) is 0 Å². The van der Waals surface area contributed by atoms with Crippen LogP contribution in [0.4, 0.5) is 20.2 Å². The van der Waals surface area contributed by atoms with E-state index in [1.165, 1.54) is 6.07 Å². The van der Waals surface area contributed by atoms with Crippen molar-refractivity contribution in [2.24, 2.45) is 5.92 Å². The summed E-state index contributed by atoms with van der Waals surface area (Å²) in [6.45, 7) is 1.65. The number of carbonyl (C=O) groups excluding carboxylic acids is 2. The van der Waals surface area contributed by atoms with Gasteiger partial charge in [0.2, 0.25) is 5.91 Å². The Hall–Kier alpha value is -2.09. The van der Waals surface area contributed by atoms with E-state index in [4.69, 9.17) is 63.7 Å². The van der Waals surface area contributed by atoms with Crippen LogP contribution < -0.4 is 11.1 Å². The van der Waals surface area contributed by atoms with Crippen LogP contribution in [0, 0.1) is 24.5 Å². The molecule has 4 nitrogen and oxygen atoms in total. The van der Waals surface area contributed by atoms with Crippen molar-refractivity contribution in [1.29, 1.82) is 0 Å². The maximum absolute atomic E-state index is 14.2. The number of hydrogen-bond acceptors (Lipinski definition) is 3. The van der Waals surface area contributed by atoms with E-state index in [0.29, 0.717) is 27.2 Å². The molecule has 0 spiro atoms. The second kappa shape index (κ2) is 9.99. The van der Waals surface area contributed by atoms with E-state index in [9.17, 15) is 18.4 Å². The molecule has 36 heavy (non-hydrogen) atoms. The fourth-order valence-corrected chi connectivity index (χ4v) is 5.40. The summed E-state index contributed by atoms with van der Waals surface area (Å²) in [5.74, 6) is -4.19. The lowest BCUT2D eigenvalue weighted by atomic mass is 9.99. The lowest BCUT2D eigenvalue weighted by Crippen LogP contribution is -2.18. The Morgan fingerprint density at radius 3 is 2.36 bits per heavy atom. The monoisotopic (exact) mass is 590 g/mol. The van der Waals surface area contributed by atoms with Crippen LogP contribution in [0.1, 0.15) is 33.0 Å². The van der Waals surface area contributed by atoms with Crippen molar-refractivity contribution in [3.8, 4) is 0 Å². The molecule has 3 aromatic carbocycles. The normalized spacial score (nSPS) is 18.1. The summed E-state index contributed by atoms with van der Waals surface area (Å²) in [5, 5.41) is 3.52. The molecule has 0 unspecified atom stereocenters. The number of nitrogens with two attached hydrogens (primary N) is 1. The molecule has 0 saturated heterocycles. The molecule has 0 heterocycles. The van der Waals surface area contributed by atoms with Crippen molar-refractivity contribution in [2.45, 2.75) is 23.6 Å². The number of alkyl halides is 2. The zero-order valence-electron chi connectivity index (χ0n) is 18.4. The standard InChI is InChI=1S/C25H17Cl5F2N2O2/c1-10-4-13(8-14(23(10)28)20(35)7-12-6-19(33)18(32)9-17(12)31)34-24(36)22-21(25(22,29)30)11-2-3-15(26)16(27)5-11/h2-6,8-9,21-22H,7,33H2,1H3,(H,34,36)/t21-,22+/m0/s1. The number of ketones is 1. The minimum absolute atomic E-state index is 0.0501. The third-order valence-corrected chi connectivity index (χ3v) is 8.16. The third kappa shape index (κ3) is 5.15. The number of Topliss-reactive ketones (excluding diaryl/α,β-unsaturated/α-hetero) is 1. The Kier molecular flexibility index (Phi) is 7.48. The zero-order chi connectivity index (χ0) is 26.5. The number of carbonyl (C=O) groups is 2. The number of aryl methyl sites for hydroxylation is 1. The van der Waals surface area contributed by atoms with E-state index in [-0.39, 0.29) is 27.5 Å². The first kappa shape index (κ1) is 27.0. The maximum Gasteiger partial charge on any atom is 0.231 e. The second-order valence-corrected chi connectivity index (χ2v) is 11.1. The lowest BCUT2D eigenvalue weighted by molar-refractivity contribution is -0.117. The van der Waals surface area contributed by atoms with Gasteiger partial charge < -0.3 is 11.1 Å². The van der Waals surface area contributed by atoms with E-state index in [1.54, 1.807) is 31.2 Å². The Labute approximate surface area is 230 Å².